The monoisotopic (exact) mass is 1490 g/mol. The fourth-order valence-corrected chi connectivity index (χ4v) is 10.9. The number of rotatable bonds is 70. The quantitative estimate of drug-likeness (QED) is 0.0169. The number of hydrogen-bond donors (Lipinski definition) is 3. The van der Waals surface area contributed by atoms with Gasteiger partial charge in [-0.1, -0.05) is 261 Å². The standard InChI is InChI=1S/C85H134O17P2/c1-5-9-13-17-21-25-29-33-37-38-39-40-44-46-50-54-58-62-66-70-83(88)96-76-81(102-85(90)72-68-64-60-56-52-48-43-36-32-28-24-20-16-12-8-4)78-100-104(93,94)98-74-79(86)73-97-103(91,92)99-77-80(101-84(89)71-67-63-59-55-51-47-42-35-31-27-23-19-15-11-7-3)75-95-82(87)69-65-61-57-53-49-45-41-34-30-26-22-18-14-10-6-2/h10-12,14-16,21-28,33-37,39-43,49,51-53,55-56,61,65,79-81,86H,5-9,13,17-20,29-32,38,44-48,50,54,57-60,62-64,66-78H2,1-4H3,(H,91,92)(H,93,94)/b14-10-,15-11-,16-12-,25-21-,26-22-,27-23-,28-24-,37-33-,40-39-,41-34-,42-35-,43-36-,53-49-,55-51-,56-52-,65-61-. The molecule has 104 heavy (non-hydrogen) atoms. The van der Waals surface area contributed by atoms with Crippen LogP contribution in [0.15, 0.2) is 194 Å². The Morgan fingerprint density at radius 3 is 0.875 bits per heavy atom. The molecule has 0 saturated carbocycles. The van der Waals surface area contributed by atoms with E-state index >= 15 is 0 Å². The van der Waals surface area contributed by atoms with Gasteiger partial charge in [-0.2, -0.15) is 0 Å². The zero-order valence-corrected chi connectivity index (χ0v) is 65.6. The molecule has 0 fully saturated rings. The van der Waals surface area contributed by atoms with Gasteiger partial charge in [0, 0.05) is 19.3 Å². The molecule has 0 aromatic heterocycles. The third-order valence-corrected chi connectivity index (χ3v) is 17.0. The molecule has 0 aliphatic rings. The summed E-state index contributed by atoms with van der Waals surface area (Å²) in [7, 11) is -10.0. The van der Waals surface area contributed by atoms with E-state index in [0.717, 1.165) is 148 Å². The molecule has 3 N–H and O–H groups in total. The topological polar surface area (TPSA) is 237 Å². The number of phosphoric ester groups is 2. The lowest BCUT2D eigenvalue weighted by Gasteiger charge is -2.21. The number of esters is 4. The average molecular weight is 1490 g/mol. The number of carbonyl (C=O) groups excluding carboxylic acids is 4. The van der Waals surface area contributed by atoms with Crippen LogP contribution >= 0.6 is 15.6 Å². The SMILES string of the molecule is CC/C=C\C/C=C\C/C=C\C/C=C\C/C=C\CC(=O)OCC(COP(=O)(O)OCC(O)COP(=O)(O)OCC(COC(=O)CCCCCCCC/C=C\C/C=C\C/C=C\CCCCC)OC(=O)CCCC/C=C\C/C=C\C/C=C\C/C=C\CC)OC(=O)CCCC/C=C\C/C=C\C/C=C\C/C=C\CC. The van der Waals surface area contributed by atoms with Crippen LogP contribution in [0.4, 0.5) is 0 Å². The number of phosphoric acid groups is 2. The number of aliphatic hydroxyl groups excluding tert-OH is 1. The van der Waals surface area contributed by atoms with Crippen molar-refractivity contribution in [2.45, 2.75) is 277 Å². The van der Waals surface area contributed by atoms with Crippen LogP contribution < -0.4 is 0 Å². The normalized spacial score (nSPS) is 15.0. The molecule has 0 aliphatic heterocycles. The zero-order valence-electron chi connectivity index (χ0n) is 63.9. The second-order valence-corrected chi connectivity index (χ2v) is 27.7. The van der Waals surface area contributed by atoms with Crippen molar-refractivity contribution in [1.29, 1.82) is 0 Å². The van der Waals surface area contributed by atoms with Crippen molar-refractivity contribution >= 4 is 39.5 Å². The van der Waals surface area contributed by atoms with Gasteiger partial charge in [-0.15, -0.1) is 0 Å². The highest BCUT2D eigenvalue weighted by atomic mass is 31.2. The molecule has 0 amide bonds. The van der Waals surface area contributed by atoms with Gasteiger partial charge in [-0.25, -0.2) is 9.13 Å². The van der Waals surface area contributed by atoms with Crippen molar-refractivity contribution in [1.82, 2.24) is 0 Å². The Bertz CT molecular complexity index is 2740. The van der Waals surface area contributed by atoms with E-state index in [9.17, 15) is 43.2 Å². The van der Waals surface area contributed by atoms with Gasteiger partial charge in [0.05, 0.1) is 32.8 Å². The fourth-order valence-electron chi connectivity index (χ4n) is 9.28. The molecule has 0 saturated heterocycles. The highest BCUT2D eigenvalue weighted by molar-refractivity contribution is 7.47. The summed E-state index contributed by atoms with van der Waals surface area (Å²) in [5.74, 6) is -2.46. The number of aliphatic hydroxyl groups is 1. The molecular weight excluding hydrogens is 1350 g/mol. The summed E-state index contributed by atoms with van der Waals surface area (Å²) in [6, 6.07) is 0. The second-order valence-electron chi connectivity index (χ2n) is 24.8. The molecule has 5 unspecified atom stereocenters. The zero-order chi connectivity index (χ0) is 76.0. The Labute approximate surface area is 627 Å². The van der Waals surface area contributed by atoms with Gasteiger partial charge in [0.25, 0.3) is 0 Å². The third-order valence-electron chi connectivity index (χ3n) is 15.1. The molecular formula is C85H134O17P2. The first-order chi connectivity index (χ1) is 50.7. The molecule has 0 bridgehead atoms. The number of carbonyl (C=O) groups is 4. The van der Waals surface area contributed by atoms with Gasteiger partial charge in [-0.3, -0.25) is 37.3 Å². The minimum atomic E-state index is -5.02. The Morgan fingerprint density at radius 2 is 0.538 bits per heavy atom. The van der Waals surface area contributed by atoms with E-state index in [-0.39, 0.29) is 25.7 Å². The summed E-state index contributed by atoms with van der Waals surface area (Å²) in [6.07, 6.45) is 91.7. The van der Waals surface area contributed by atoms with Crippen LogP contribution in [0.2, 0.25) is 0 Å². The van der Waals surface area contributed by atoms with E-state index < -0.39 is 97.5 Å². The van der Waals surface area contributed by atoms with E-state index in [1.54, 1.807) is 6.08 Å². The third kappa shape index (κ3) is 74.2. The van der Waals surface area contributed by atoms with Crippen LogP contribution in [-0.4, -0.2) is 96.7 Å². The first-order valence-electron chi connectivity index (χ1n) is 38.7. The number of allylic oxidation sites excluding steroid dienone is 31. The molecule has 0 heterocycles. The number of ether oxygens (including phenoxy) is 4. The van der Waals surface area contributed by atoms with E-state index in [1.165, 1.54) is 19.3 Å². The van der Waals surface area contributed by atoms with Crippen molar-refractivity contribution in [3.8, 4) is 0 Å². The van der Waals surface area contributed by atoms with Gasteiger partial charge >= 0.3 is 39.5 Å². The molecule has 586 valence electrons. The predicted molar refractivity (Wildman–Crippen MR) is 426 cm³/mol. The van der Waals surface area contributed by atoms with Crippen LogP contribution in [0.3, 0.4) is 0 Å². The van der Waals surface area contributed by atoms with Crippen LogP contribution in [0.5, 0.6) is 0 Å². The maximum atomic E-state index is 13.1. The highest BCUT2D eigenvalue weighted by Crippen LogP contribution is 2.45. The minimum absolute atomic E-state index is 0.0138. The molecule has 17 nitrogen and oxygen atoms in total. The van der Waals surface area contributed by atoms with E-state index in [4.69, 9.17) is 37.0 Å². The van der Waals surface area contributed by atoms with Gasteiger partial charge in [-0.05, 0) is 167 Å². The van der Waals surface area contributed by atoms with Crippen molar-refractivity contribution in [3.63, 3.8) is 0 Å². The summed E-state index contributed by atoms with van der Waals surface area (Å²) in [5, 5.41) is 10.6. The van der Waals surface area contributed by atoms with Gasteiger partial charge < -0.3 is 33.8 Å². The van der Waals surface area contributed by atoms with Gasteiger partial charge in [0.1, 0.15) is 19.3 Å². The van der Waals surface area contributed by atoms with E-state index in [1.807, 2.05) is 24.3 Å². The number of hydrogen-bond acceptors (Lipinski definition) is 15. The maximum absolute atomic E-state index is 13.1. The molecule has 0 rings (SSSR count). The Hall–Kier alpha value is -6.10. The first kappa shape index (κ1) is 97.9. The smallest absolute Gasteiger partial charge is 0.462 e. The summed E-state index contributed by atoms with van der Waals surface area (Å²) < 4.78 is 68.3. The highest BCUT2D eigenvalue weighted by Gasteiger charge is 2.30. The van der Waals surface area contributed by atoms with Gasteiger partial charge in [0.2, 0.25) is 0 Å². The van der Waals surface area contributed by atoms with Gasteiger partial charge in [0.15, 0.2) is 12.2 Å². The first-order valence-corrected chi connectivity index (χ1v) is 41.7. The van der Waals surface area contributed by atoms with Crippen molar-refractivity contribution in [2.75, 3.05) is 39.6 Å². The Morgan fingerprint density at radius 1 is 0.288 bits per heavy atom. The molecule has 0 spiro atoms. The summed E-state index contributed by atoms with van der Waals surface area (Å²) >= 11 is 0. The fraction of sp³-hybridized carbons (Fsp3) is 0.576. The predicted octanol–water partition coefficient (Wildman–Crippen LogP) is 22.5. The van der Waals surface area contributed by atoms with Crippen LogP contribution in [0.1, 0.15) is 259 Å². The molecule has 0 aromatic carbocycles. The maximum Gasteiger partial charge on any atom is 0.472 e. The Kier molecular flexibility index (Phi) is 70.7. The van der Waals surface area contributed by atoms with Crippen molar-refractivity contribution in [2.24, 2.45) is 0 Å². The lowest BCUT2D eigenvalue weighted by molar-refractivity contribution is -0.161. The molecule has 19 heteroatoms. The minimum Gasteiger partial charge on any atom is -0.462 e. The van der Waals surface area contributed by atoms with Crippen molar-refractivity contribution in [3.05, 3.63) is 194 Å². The second kappa shape index (κ2) is 75.1. The Balaban J connectivity index is 5.52. The molecule has 5 atom stereocenters. The largest absolute Gasteiger partial charge is 0.472 e. The van der Waals surface area contributed by atoms with E-state index in [0.29, 0.717) is 38.5 Å². The van der Waals surface area contributed by atoms with Crippen LogP contribution in [0, 0.1) is 0 Å². The lowest BCUT2D eigenvalue weighted by atomic mass is 10.1. The molecule has 0 radical (unpaired) electrons. The number of unbranched alkanes of at least 4 members (excludes halogenated alkanes) is 13. The average Bonchev–Trinajstić information content (AvgIpc) is 0.912. The van der Waals surface area contributed by atoms with E-state index in [2.05, 4.69) is 192 Å². The molecule has 0 aliphatic carbocycles. The molecule has 0 aromatic rings. The lowest BCUT2D eigenvalue weighted by Crippen LogP contribution is -2.30. The van der Waals surface area contributed by atoms with Crippen molar-refractivity contribution < 1.29 is 80.2 Å². The van der Waals surface area contributed by atoms with Crippen LogP contribution in [-0.2, 0) is 65.4 Å². The summed E-state index contributed by atoms with van der Waals surface area (Å²) in [5.41, 5.74) is 0. The van der Waals surface area contributed by atoms with Crippen LogP contribution in [0.25, 0.3) is 0 Å². The summed E-state index contributed by atoms with van der Waals surface area (Å²) in [4.78, 5) is 72.9. The summed E-state index contributed by atoms with van der Waals surface area (Å²) in [6.45, 7) is 4.23.